The third-order valence-corrected chi connectivity index (χ3v) is 5.46. The van der Waals surface area contributed by atoms with Crippen LogP contribution in [0.4, 0.5) is 11.4 Å². The van der Waals surface area contributed by atoms with Gasteiger partial charge in [0.05, 0.1) is 0 Å². The van der Waals surface area contributed by atoms with Crippen molar-refractivity contribution < 1.29 is 19.2 Å². The Morgan fingerprint density at radius 2 is 1.22 bits per heavy atom. The number of carbonyl (C=O) groups is 4. The van der Waals surface area contributed by atoms with Gasteiger partial charge in [-0.2, -0.15) is 0 Å². The lowest BCUT2D eigenvalue weighted by Gasteiger charge is -2.21. The van der Waals surface area contributed by atoms with Gasteiger partial charge < -0.3 is 21.3 Å². The highest BCUT2D eigenvalue weighted by Crippen LogP contribution is 2.18. The zero-order valence-corrected chi connectivity index (χ0v) is 23.0. The average Bonchev–Trinajstić information content (AvgIpc) is 2.80. The van der Waals surface area contributed by atoms with Crippen molar-refractivity contribution in [1.82, 2.24) is 10.6 Å². The van der Waals surface area contributed by atoms with E-state index in [1.807, 2.05) is 48.5 Å². The Bertz CT molecular complexity index is 1090. The first-order valence-corrected chi connectivity index (χ1v) is 12.7. The summed E-state index contributed by atoms with van der Waals surface area (Å²) < 4.78 is 0. The molecule has 0 saturated carbocycles. The normalized spacial score (nSPS) is 12.3. The summed E-state index contributed by atoms with van der Waals surface area (Å²) in [6.45, 7) is 13.2. The Kier molecular flexibility index (Phi) is 10.00. The van der Waals surface area contributed by atoms with E-state index in [9.17, 15) is 19.2 Å². The van der Waals surface area contributed by atoms with Gasteiger partial charge >= 0.3 is 0 Å². The summed E-state index contributed by atoms with van der Waals surface area (Å²) in [5.74, 6) is -1.02. The van der Waals surface area contributed by atoms with Crippen molar-refractivity contribution in [3.63, 3.8) is 0 Å². The Morgan fingerprint density at radius 3 is 1.68 bits per heavy atom. The lowest BCUT2D eigenvalue weighted by Crippen LogP contribution is -2.43. The number of unbranched alkanes of at least 4 members (excludes halogenated alkanes) is 1. The Labute approximate surface area is 220 Å². The molecule has 0 unspecified atom stereocenters. The largest absolute Gasteiger partial charge is 0.347 e. The van der Waals surface area contributed by atoms with Gasteiger partial charge in [0, 0.05) is 33.5 Å². The van der Waals surface area contributed by atoms with E-state index in [1.165, 1.54) is 0 Å². The second-order valence-electron chi connectivity index (χ2n) is 11.2. The summed E-state index contributed by atoms with van der Waals surface area (Å²) in [5.41, 5.74) is 1.12. The Balaban J connectivity index is 2.05. The van der Waals surface area contributed by atoms with Gasteiger partial charge in [0.15, 0.2) is 0 Å². The van der Waals surface area contributed by atoms with Crippen LogP contribution in [-0.4, -0.2) is 35.2 Å². The molecule has 0 saturated heterocycles. The Hall–Kier alpha value is -3.68. The lowest BCUT2D eigenvalue weighted by atomic mass is 9.95. The minimum absolute atomic E-state index is 0.121. The van der Waals surface area contributed by atoms with Crippen LogP contribution in [0.25, 0.3) is 0 Å². The third-order valence-electron chi connectivity index (χ3n) is 5.46. The van der Waals surface area contributed by atoms with E-state index < -0.39 is 11.5 Å². The first-order chi connectivity index (χ1) is 17.2. The second kappa shape index (κ2) is 12.5. The van der Waals surface area contributed by atoms with Crippen LogP contribution >= 0.6 is 0 Å². The van der Waals surface area contributed by atoms with Crippen molar-refractivity contribution in [2.45, 2.75) is 79.3 Å². The first kappa shape index (κ1) is 29.5. The number of amides is 4. The maximum absolute atomic E-state index is 13.0. The number of anilines is 2. The molecule has 0 aliphatic carbocycles. The number of carbonyl (C=O) groups excluding carboxylic acids is 4. The van der Waals surface area contributed by atoms with E-state index in [0.29, 0.717) is 28.9 Å². The molecule has 2 aromatic carbocycles. The van der Waals surface area contributed by atoms with Crippen molar-refractivity contribution in [2.24, 2.45) is 5.41 Å². The molecular weight excluding hydrogens is 468 g/mol. The van der Waals surface area contributed by atoms with Crippen LogP contribution in [0.2, 0.25) is 0 Å². The predicted octanol–water partition coefficient (Wildman–Crippen LogP) is 5.13. The molecule has 37 heavy (non-hydrogen) atoms. The Morgan fingerprint density at radius 1 is 0.730 bits per heavy atom. The third kappa shape index (κ3) is 9.71. The summed E-state index contributed by atoms with van der Waals surface area (Å²) in [7, 11) is 0. The fourth-order valence-corrected chi connectivity index (χ4v) is 3.29. The maximum Gasteiger partial charge on any atom is 0.251 e. The number of rotatable bonds is 9. The molecule has 0 bridgehead atoms. The molecule has 4 amide bonds. The van der Waals surface area contributed by atoms with E-state index in [0.717, 1.165) is 12.8 Å². The van der Waals surface area contributed by atoms with Crippen LogP contribution in [0.5, 0.6) is 0 Å². The number of hydrogen-bond donors (Lipinski definition) is 4. The molecule has 0 spiro atoms. The molecule has 0 radical (unpaired) electrons. The molecule has 0 aliphatic heterocycles. The molecular formula is C29H40N4O4. The minimum atomic E-state index is -0.725. The molecule has 0 aliphatic rings. The van der Waals surface area contributed by atoms with Gasteiger partial charge in [0.25, 0.3) is 11.8 Å². The summed E-state index contributed by atoms with van der Waals surface area (Å²) in [6.07, 6.45) is 2.13. The molecule has 0 aromatic heterocycles. The summed E-state index contributed by atoms with van der Waals surface area (Å²) in [4.78, 5) is 50.4. The highest BCUT2D eigenvalue weighted by Gasteiger charge is 2.23. The molecule has 4 N–H and O–H groups in total. The molecule has 200 valence electrons. The topological polar surface area (TPSA) is 116 Å². The van der Waals surface area contributed by atoms with Crippen LogP contribution in [0.15, 0.2) is 48.5 Å². The van der Waals surface area contributed by atoms with Crippen LogP contribution in [0.3, 0.4) is 0 Å². The molecule has 2 aromatic rings. The van der Waals surface area contributed by atoms with Crippen LogP contribution in [0, 0.1) is 5.41 Å². The number of benzene rings is 2. The minimum Gasteiger partial charge on any atom is -0.347 e. The molecule has 8 nitrogen and oxygen atoms in total. The van der Waals surface area contributed by atoms with Crippen LogP contribution in [-0.2, 0) is 9.59 Å². The van der Waals surface area contributed by atoms with Crippen molar-refractivity contribution in [1.29, 1.82) is 0 Å². The fourth-order valence-electron chi connectivity index (χ4n) is 3.29. The fraction of sp³-hybridized carbons (Fsp3) is 0.448. The van der Waals surface area contributed by atoms with Crippen molar-refractivity contribution in [3.8, 4) is 0 Å². The monoisotopic (exact) mass is 508 g/mol. The van der Waals surface area contributed by atoms with Gasteiger partial charge in [-0.3, -0.25) is 19.2 Å². The van der Waals surface area contributed by atoms with Crippen molar-refractivity contribution >= 4 is 35.0 Å². The van der Waals surface area contributed by atoms with Gasteiger partial charge in [0.2, 0.25) is 11.8 Å². The number of hydrogen-bond acceptors (Lipinski definition) is 4. The van der Waals surface area contributed by atoms with Crippen molar-refractivity contribution in [2.75, 3.05) is 10.6 Å². The van der Waals surface area contributed by atoms with Crippen LogP contribution < -0.4 is 21.3 Å². The summed E-state index contributed by atoms with van der Waals surface area (Å²) >= 11 is 0. The van der Waals surface area contributed by atoms with E-state index in [1.54, 1.807) is 48.5 Å². The second-order valence-corrected chi connectivity index (χ2v) is 11.2. The zero-order valence-electron chi connectivity index (χ0n) is 23.0. The van der Waals surface area contributed by atoms with Gasteiger partial charge in [-0.1, -0.05) is 40.5 Å². The highest BCUT2D eigenvalue weighted by atomic mass is 16.2. The average molecular weight is 509 g/mol. The standard InChI is InChI=1S/C29H40N4O4/c1-8-9-10-23(26(36)30-21-15-13-20(14-16-21)25(35)33-29(5,6)7)32-24(34)19-11-17-22(18-12-19)31-27(37)28(2,3)4/h11-18,23H,8-10H2,1-7H3,(H,30,36)(H,31,37)(H,32,34)(H,33,35)/t23-/m0/s1. The zero-order chi connectivity index (χ0) is 27.8. The summed E-state index contributed by atoms with van der Waals surface area (Å²) in [6, 6.07) is 12.5. The highest BCUT2D eigenvalue weighted by molar-refractivity contribution is 6.02. The van der Waals surface area contributed by atoms with Gasteiger partial charge in [-0.05, 0) is 75.7 Å². The first-order valence-electron chi connectivity index (χ1n) is 12.7. The molecule has 0 heterocycles. The van der Waals surface area contributed by atoms with Gasteiger partial charge in [-0.15, -0.1) is 0 Å². The maximum atomic E-state index is 13.0. The SMILES string of the molecule is CCCC[C@H](NC(=O)c1ccc(NC(=O)C(C)(C)C)cc1)C(=O)Nc1ccc(C(=O)NC(C)(C)C)cc1. The lowest BCUT2D eigenvalue weighted by molar-refractivity contribution is -0.123. The van der Waals surface area contributed by atoms with Gasteiger partial charge in [0.1, 0.15) is 6.04 Å². The molecule has 2 rings (SSSR count). The molecule has 1 atom stereocenters. The van der Waals surface area contributed by atoms with Crippen molar-refractivity contribution in [3.05, 3.63) is 59.7 Å². The molecule has 0 fully saturated rings. The number of nitrogens with one attached hydrogen (secondary N) is 4. The smallest absolute Gasteiger partial charge is 0.251 e. The summed E-state index contributed by atoms with van der Waals surface area (Å²) in [5, 5.41) is 11.4. The van der Waals surface area contributed by atoms with E-state index >= 15 is 0 Å². The van der Waals surface area contributed by atoms with E-state index in [-0.39, 0.29) is 29.2 Å². The van der Waals surface area contributed by atoms with Crippen LogP contribution in [0.1, 0.15) is 88.4 Å². The molecule has 8 heteroatoms. The van der Waals surface area contributed by atoms with E-state index in [4.69, 9.17) is 0 Å². The predicted molar refractivity (Wildman–Crippen MR) is 148 cm³/mol. The van der Waals surface area contributed by atoms with Gasteiger partial charge in [-0.25, -0.2) is 0 Å². The quantitative estimate of drug-likeness (QED) is 0.376. The van der Waals surface area contributed by atoms with E-state index in [2.05, 4.69) is 21.3 Å².